The van der Waals surface area contributed by atoms with E-state index in [2.05, 4.69) is 0 Å². The first-order valence-corrected chi connectivity index (χ1v) is 12.0. The smallest absolute Gasteiger partial charge is 0.109 e. The minimum Gasteiger partial charge on any atom is -0.395 e. The lowest BCUT2D eigenvalue weighted by Crippen LogP contribution is -2.62. The third kappa shape index (κ3) is 4.99. The molecule has 1 heterocycles. The third-order valence-corrected chi connectivity index (χ3v) is 8.39. The fraction of sp³-hybridized carbons (Fsp3) is 1.00. The number of aliphatic hydroxyl groups excluding tert-OH is 4. The molecule has 4 N–H and O–H groups in total. The average Bonchev–Trinajstić information content (AvgIpc) is 2.67. The third-order valence-electron chi connectivity index (χ3n) is 8.39. The molecule has 0 radical (unpaired) electrons. The van der Waals surface area contributed by atoms with Crippen molar-refractivity contribution in [1.82, 2.24) is 4.90 Å². The van der Waals surface area contributed by atoms with Gasteiger partial charge in [0.15, 0.2) is 0 Å². The minimum atomic E-state index is -1.18. The number of β-amino-alcohol motifs (C(OH)–C–C–N with tert-alkyl or cyclic N) is 1. The van der Waals surface area contributed by atoms with Gasteiger partial charge in [-0.25, -0.2) is 0 Å². The lowest BCUT2D eigenvalue weighted by atomic mass is 9.49. The van der Waals surface area contributed by atoms with E-state index in [9.17, 15) is 20.4 Å². The van der Waals surface area contributed by atoms with Crippen LogP contribution in [0.25, 0.3) is 0 Å². The highest BCUT2D eigenvalue weighted by atomic mass is 16.5. The van der Waals surface area contributed by atoms with Crippen LogP contribution >= 0.6 is 0 Å². The zero-order chi connectivity index (χ0) is 20.4. The Kier molecular flexibility index (Phi) is 7.19. The van der Waals surface area contributed by atoms with Gasteiger partial charge in [0.2, 0.25) is 0 Å². The molecular formula is C23H41NO5. The summed E-state index contributed by atoms with van der Waals surface area (Å²) in [5.74, 6) is 3.03. The van der Waals surface area contributed by atoms with Crippen molar-refractivity contribution in [2.75, 3.05) is 32.9 Å². The quantitative estimate of drug-likeness (QED) is 0.408. The van der Waals surface area contributed by atoms with E-state index >= 15 is 0 Å². The van der Waals surface area contributed by atoms with Crippen LogP contribution in [0.3, 0.4) is 0 Å². The first kappa shape index (κ1) is 22.0. The molecule has 0 aromatic rings. The van der Waals surface area contributed by atoms with Gasteiger partial charge in [-0.2, -0.15) is 0 Å². The minimum absolute atomic E-state index is 0.210. The Hall–Kier alpha value is -0.240. The van der Waals surface area contributed by atoms with E-state index in [-0.39, 0.29) is 6.61 Å². The van der Waals surface area contributed by atoms with Crippen LogP contribution in [0.1, 0.15) is 64.2 Å². The van der Waals surface area contributed by atoms with E-state index in [1.54, 1.807) is 0 Å². The summed E-state index contributed by atoms with van der Waals surface area (Å²) in [7, 11) is 0. The summed E-state index contributed by atoms with van der Waals surface area (Å²) in [6.07, 6.45) is 9.87. The molecule has 0 aromatic carbocycles. The summed E-state index contributed by atoms with van der Waals surface area (Å²) in [5.41, 5.74) is 0.606. The van der Waals surface area contributed by atoms with Crippen molar-refractivity contribution < 1.29 is 25.2 Å². The highest BCUT2D eigenvalue weighted by Gasteiger charge is 2.50. The maximum atomic E-state index is 10.0. The number of likely N-dealkylation sites (tertiary alicyclic amines) is 1. The molecule has 0 unspecified atom stereocenters. The molecule has 0 spiro atoms. The molecule has 168 valence electrons. The SMILES string of the molecule is OC[C@H]1[C@@H](O)[C@H](O)[C@@H](O)CN1CCCCCOCCC12CC3CC(CC(C3)C1)C2. The second-order valence-corrected chi connectivity index (χ2v) is 10.6. The number of hydrogen-bond donors (Lipinski definition) is 4. The molecule has 1 aliphatic heterocycles. The number of aliphatic hydroxyl groups is 4. The van der Waals surface area contributed by atoms with E-state index in [0.717, 1.165) is 50.2 Å². The molecule has 6 nitrogen and oxygen atoms in total. The summed E-state index contributed by atoms with van der Waals surface area (Å²) >= 11 is 0. The van der Waals surface area contributed by atoms with Gasteiger partial charge in [0.05, 0.1) is 18.8 Å². The molecule has 1 saturated heterocycles. The van der Waals surface area contributed by atoms with Crippen LogP contribution in [0, 0.1) is 23.2 Å². The summed E-state index contributed by atoms with van der Waals surface area (Å²) in [5, 5.41) is 39.2. The molecule has 5 rings (SSSR count). The maximum absolute atomic E-state index is 10.0. The fourth-order valence-electron chi connectivity index (χ4n) is 7.32. The largest absolute Gasteiger partial charge is 0.395 e. The van der Waals surface area contributed by atoms with Crippen LogP contribution in [0.4, 0.5) is 0 Å². The van der Waals surface area contributed by atoms with Gasteiger partial charge >= 0.3 is 0 Å². The zero-order valence-electron chi connectivity index (χ0n) is 17.8. The predicted octanol–water partition coefficient (Wildman–Crippen LogP) is 1.54. The lowest BCUT2D eigenvalue weighted by Gasteiger charge is -2.57. The molecule has 0 aromatic heterocycles. The van der Waals surface area contributed by atoms with Crippen LogP contribution in [0.2, 0.25) is 0 Å². The van der Waals surface area contributed by atoms with E-state index in [0.29, 0.717) is 18.5 Å². The van der Waals surface area contributed by atoms with Crippen LogP contribution in [0.5, 0.6) is 0 Å². The van der Waals surface area contributed by atoms with Gasteiger partial charge in [-0.1, -0.05) is 0 Å². The Morgan fingerprint density at radius 1 is 0.828 bits per heavy atom. The monoisotopic (exact) mass is 411 g/mol. The Labute approximate surface area is 175 Å². The average molecular weight is 412 g/mol. The lowest BCUT2D eigenvalue weighted by molar-refractivity contribution is -0.145. The molecule has 6 heteroatoms. The van der Waals surface area contributed by atoms with Crippen molar-refractivity contribution in [1.29, 1.82) is 0 Å². The number of hydrogen-bond acceptors (Lipinski definition) is 6. The van der Waals surface area contributed by atoms with E-state index in [4.69, 9.17) is 4.74 Å². The highest BCUT2D eigenvalue weighted by molar-refractivity contribution is 5.01. The van der Waals surface area contributed by atoms with Crippen molar-refractivity contribution in [3.8, 4) is 0 Å². The van der Waals surface area contributed by atoms with E-state index in [1.165, 1.54) is 44.9 Å². The fourth-order valence-corrected chi connectivity index (χ4v) is 7.32. The van der Waals surface area contributed by atoms with Crippen LogP contribution in [-0.2, 0) is 4.74 Å². The van der Waals surface area contributed by atoms with Gasteiger partial charge in [0.1, 0.15) is 12.2 Å². The van der Waals surface area contributed by atoms with Crippen molar-refractivity contribution in [3.63, 3.8) is 0 Å². The van der Waals surface area contributed by atoms with Gasteiger partial charge < -0.3 is 25.2 Å². The molecule has 29 heavy (non-hydrogen) atoms. The number of ether oxygens (including phenoxy) is 1. The molecule has 5 aliphatic rings. The van der Waals surface area contributed by atoms with Crippen molar-refractivity contribution >= 4 is 0 Å². The predicted molar refractivity (Wildman–Crippen MR) is 110 cm³/mol. The molecule has 4 bridgehead atoms. The van der Waals surface area contributed by atoms with Gasteiger partial charge in [0, 0.05) is 19.8 Å². The van der Waals surface area contributed by atoms with Gasteiger partial charge in [-0.05, 0) is 93.9 Å². The molecule has 4 saturated carbocycles. The van der Waals surface area contributed by atoms with E-state index in [1.807, 2.05) is 4.90 Å². The normalized spacial score (nSPS) is 44.5. The summed E-state index contributed by atoms with van der Waals surface area (Å²) < 4.78 is 5.99. The van der Waals surface area contributed by atoms with E-state index < -0.39 is 24.4 Å². The van der Waals surface area contributed by atoms with Crippen molar-refractivity contribution in [3.05, 3.63) is 0 Å². The second-order valence-electron chi connectivity index (χ2n) is 10.6. The molecule has 5 fully saturated rings. The maximum Gasteiger partial charge on any atom is 0.109 e. The standard InChI is InChI=1S/C23H41NO5/c25-15-19-21(27)22(28)20(26)14-24(19)5-2-1-3-6-29-7-4-23-11-16-8-17(12-23)10-18(9-16)13-23/h16-22,25-28H,1-15H2/t16?,17?,18?,19-,20-,21+,22+,23?/m0/s1. The summed E-state index contributed by atoms with van der Waals surface area (Å²) in [6, 6.07) is -0.495. The number of unbranched alkanes of at least 4 members (excludes halogenated alkanes) is 2. The summed E-state index contributed by atoms with van der Waals surface area (Å²) in [6.45, 7) is 2.50. The highest BCUT2D eigenvalue weighted by Crippen LogP contribution is 2.61. The van der Waals surface area contributed by atoms with Gasteiger partial charge in [-0.15, -0.1) is 0 Å². The Morgan fingerprint density at radius 2 is 1.48 bits per heavy atom. The molecule has 0 amide bonds. The van der Waals surface area contributed by atoms with Crippen LogP contribution < -0.4 is 0 Å². The van der Waals surface area contributed by atoms with Gasteiger partial charge in [-0.3, -0.25) is 4.90 Å². The first-order chi connectivity index (χ1) is 14.0. The summed E-state index contributed by atoms with van der Waals surface area (Å²) in [4.78, 5) is 1.90. The Balaban J connectivity index is 1.08. The zero-order valence-corrected chi connectivity index (χ0v) is 17.8. The second kappa shape index (κ2) is 9.49. The number of rotatable bonds is 10. The Morgan fingerprint density at radius 3 is 2.10 bits per heavy atom. The number of piperidine rings is 1. The molecule has 4 atom stereocenters. The first-order valence-electron chi connectivity index (χ1n) is 12.0. The van der Waals surface area contributed by atoms with Crippen molar-refractivity contribution in [2.24, 2.45) is 23.2 Å². The van der Waals surface area contributed by atoms with Gasteiger partial charge in [0.25, 0.3) is 0 Å². The Bertz CT molecular complexity index is 494. The topological polar surface area (TPSA) is 93.4 Å². The van der Waals surface area contributed by atoms with Crippen molar-refractivity contribution in [2.45, 2.75) is 88.6 Å². The number of nitrogens with zero attached hydrogens (tertiary/aromatic N) is 1. The van der Waals surface area contributed by atoms with Crippen LogP contribution in [0.15, 0.2) is 0 Å². The molecular weight excluding hydrogens is 370 g/mol. The molecule has 4 aliphatic carbocycles. The van der Waals surface area contributed by atoms with Crippen LogP contribution in [-0.4, -0.2) is 82.6 Å².